The Kier molecular flexibility index (Phi) is 27.8. The van der Waals surface area contributed by atoms with Crippen molar-refractivity contribution in [1.82, 2.24) is 39.2 Å². The highest BCUT2D eigenvalue weighted by Crippen LogP contribution is 2.48. The van der Waals surface area contributed by atoms with Gasteiger partial charge in [-0.1, -0.05) is 61.7 Å². The minimum Gasteiger partial charge on any atom is -0.494 e. The van der Waals surface area contributed by atoms with Gasteiger partial charge in [-0.25, -0.2) is 29.5 Å². The summed E-state index contributed by atoms with van der Waals surface area (Å²) >= 11 is 3.48. The van der Waals surface area contributed by atoms with Crippen molar-refractivity contribution in [2.75, 3.05) is 146 Å². The van der Waals surface area contributed by atoms with E-state index in [1.807, 2.05) is 101 Å². The largest absolute Gasteiger partial charge is 0.494 e. The molecule has 28 nitrogen and oxygen atoms in total. The highest BCUT2D eigenvalue weighted by molar-refractivity contribution is 9.10. The third-order valence-corrected chi connectivity index (χ3v) is 18.3. The Labute approximate surface area is 644 Å². The first-order valence-electron chi connectivity index (χ1n) is 35.5. The van der Waals surface area contributed by atoms with Gasteiger partial charge in [0.05, 0.1) is 107 Å². The number of carbonyl (C=O) groups is 4. The number of esters is 2. The predicted molar refractivity (Wildman–Crippen MR) is 434 cm³/mol. The Morgan fingerprint density at radius 1 is 0.624 bits per heavy atom. The summed E-state index contributed by atoms with van der Waals surface area (Å²) in [5.41, 5.74) is 13.3. The van der Waals surface area contributed by atoms with E-state index >= 15 is 0 Å². The van der Waals surface area contributed by atoms with Crippen LogP contribution in [0.25, 0.3) is 44.3 Å². The van der Waals surface area contributed by atoms with E-state index in [0.29, 0.717) is 87.9 Å². The molecule has 6 N–H and O–H groups in total. The number of methoxy groups -OCH3 is 2. The van der Waals surface area contributed by atoms with E-state index in [0.717, 1.165) is 84.9 Å². The topological polar surface area (TPSA) is 313 Å². The second-order valence-corrected chi connectivity index (χ2v) is 29.7. The standard InChI is InChI=1S/2C35H43N7O5.C8H8BrN.CH4O3S/c2*1-9-31(43)37-27-17-28(30(45-7)18-29(27)41(6)16-15-40(4)5)38-35-36-19-25(34(44)47-21(2)3)32(39-35)26-20-42(46-8)33-23(22-13-14-22)11-10-12-24(26)33;9-7-3-1-2-6-4-5-10-8(6)7;1-5(2,3)4/h2*9-12,17-22H,1,13-16H2,2-8H3,(H,37,43)(H,36,38,39);1-3,10H,4-5H2;1H3,(H,2,3,4). The van der Waals surface area contributed by atoms with Crippen LogP contribution >= 0.6 is 15.9 Å². The maximum absolute atomic E-state index is 13.4. The van der Waals surface area contributed by atoms with Gasteiger partial charge in [-0.2, -0.15) is 17.9 Å². The molecule has 580 valence electrons. The summed E-state index contributed by atoms with van der Waals surface area (Å²) in [6.45, 7) is 18.5. The lowest BCUT2D eigenvalue weighted by Gasteiger charge is -2.26. The number of halogens is 1. The zero-order valence-electron chi connectivity index (χ0n) is 64.4. The van der Waals surface area contributed by atoms with Gasteiger partial charge in [0.25, 0.3) is 10.1 Å². The lowest BCUT2D eigenvalue weighted by molar-refractivity contribution is -0.112. The molecule has 12 rings (SSSR count). The molecular weight excluding hydrogens is 1480 g/mol. The van der Waals surface area contributed by atoms with Crippen molar-refractivity contribution in [3.63, 3.8) is 0 Å². The van der Waals surface area contributed by atoms with E-state index in [1.54, 1.807) is 77.7 Å². The molecule has 5 heterocycles. The van der Waals surface area contributed by atoms with Crippen LogP contribution in [-0.4, -0.2) is 198 Å². The lowest BCUT2D eigenvalue weighted by atomic mass is 10.0. The number of rotatable bonds is 28. The zero-order valence-corrected chi connectivity index (χ0v) is 66.8. The number of aromatic nitrogens is 6. The Morgan fingerprint density at radius 3 is 1.38 bits per heavy atom. The highest BCUT2D eigenvalue weighted by Gasteiger charge is 2.32. The summed E-state index contributed by atoms with van der Waals surface area (Å²) in [5, 5.41) is 17.4. The Morgan fingerprint density at radius 2 is 1.03 bits per heavy atom. The van der Waals surface area contributed by atoms with Crippen LogP contribution < -0.4 is 55.5 Å². The average Bonchev–Trinajstić information content (AvgIpc) is 1.61. The molecule has 0 saturated heterocycles. The lowest BCUT2D eigenvalue weighted by Crippen LogP contribution is -2.29. The minimum absolute atomic E-state index is 0.214. The third-order valence-electron chi connectivity index (χ3n) is 17.7. The third kappa shape index (κ3) is 21.3. The smallest absolute Gasteiger partial charge is 0.342 e. The summed E-state index contributed by atoms with van der Waals surface area (Å²) in [5.74, 6) is 0.610. The van der Waals surface area contributed by atoms with Crippen LogP contribution in [0.3, 0.4) is 0 Å². The van der Waals surface area contributed by atoms with Crippen LogP contribution in [0, 0.1) is 0 Å². The van der Waals surface area contributed by atoms with E-state index in [2.05, 4.69) is 106 Å². The fourth-order valence-electron chi connectivity index (χ4n) is 12.2. The molecule has 2 saturated carbocycles. The summed E-state index contributed by atoms with van der Waals surface area (Å²) in [6, 6.07) is 25.8. The fraction of sp³-hybridized carbons (Fsp3) is 0.367. The number of amides is 2. The molecule has 30 heteroatoms. The molecule has 2 fully saturated rings. The van der Waals surface area contributed by atoms with Crippen LogP contribution in [0.1, 0.15) is 103 Å². The Bertz CT molecular complexity index is 4650. The minimum atomic E-state index is -3.67. The van der Waals surface area contributed by atoms with E-state index in [-0.39, 0.29) is 47.0 Å². The number of likely N-dealkylation sites (N-methyl/N-ethyl adjacent to an activating group) is 4. The monoisotopic (exact) mass is 1580 g/mol. The maximum Gasteiger partial charge on any atom is 0.342 e. The van der Waals surface area contributed by atoms with Crippen LogP contribution in [-0.2, 0) is 35.6 Å². The SMILES string of the molecule is Brc1cccc2c1NCC2.C=CC(=O)Nc1cc(Nc2ncc(C(=O)OC(C)C)c(-c3cn(OC)c4c(C5CC5)cccc34)n2)c(OC)cc1N(C)CCN(C)C.C=CC(=O)Nc1cc(Nc2ncc(C(=O)OC(C)C)c(-c3cn(OC)c4c(C5CC5)cccc34)n2)c(OC)cc1N(C)CCN(C)C.CS(=O)(=O)O. The molecule has 109 heavy (non-hydrogen) atoms. The van der Waals surface area contributed by atoms with Crippen LogP contribution in [0.5, 0.6) is 11.5 Å². The molecule has 1 aliphatic heterocycles. The normalized spacial score (nSPS) is 12.8. The zero-order chi connectivity index (χ0) is 79.1. The summed E-state index contributed by atoms with van der Waals surface area (Å²) in [7, 11) is 14.6. The molecule has 0 atom stereocenters. The van der Waals surface area contributed by atoms with Crippen molar-refractivity contribution < 1.29 is 60.8 Å². The summed E-state index contributed by atoms with van der Waals surface area (Å²) < 4.78 is 53.2. The molecule has 2 amide bonds. The van der Waals surface area contributed by atoms with Gasteiger partial charge in [0.15, 0.2) is 0 Å². The van der Waals surface area contributed by atoms with E-state index in [4.69, 9.17) is 43.1 Å². The fourth-order valence-corrected chi connectivity index (χ4v) is 12.7. The van der Waals surface area contributed by atoms with Gasteiger partial charge < -0.3 is 74.8 Å². The molecule has 0 radical (unpaired) electrons. The molecule has 5 aromatic carbocycles. The van der Waals surface area contributed by atoms with Gasteiger partial charge in [-0.15, -0.1) is 0 Å². The Hall–Kier alpha value is -10.8. The van der Waals surface area contributed by atoms with Gasteiger partial charge in [0.2, 0.25) is 23.7 Å². The summed E-state index contributed by atoms with van der Waals surface area (Å²) in [6.07, 6.45) is 14.8. The number of anilines is 9. The van der Waals surface area contributed by atoms with E-state index < -0.39 is 22.1 Å². The number of nitrogens with zero attached hydrogens (tertiary/aromatic N) is 10. The summed E-state index contributed by atoms with van der Waals surface area (Å²) in [4.78, 5) is 90.1. The van der Waals surface area contributed by atoms with Crippen LogP contribution in [0.4, 0.5) is 51.7 Å². The quantitative estimate of drug-likeness (QED) is 0.0151. The Balaban J connectivity index is 0.000000210. The predicted octanol–water partition coefficient (Wildman–Crippen LogP) is 12.9. The number of ether oxygens (including phenoxy) is 4. The van der Waals surface area contributed by atoms with Crippen molar-refractivity contribution in [3.8, 4) is 34.0 Å². The number of carbonyl (C=O) groups excluding carboxylic acids is 4. The second kappa shape index (κ2) is 36.9. The number of para-hydroxylation sites is 3. The van der Waals surface area contributed by atoms with Crippen molar-refractivity contribution in [2.24, 2.45) is 0 Å². The first-order chi connectivity index (χ1) is 51.9. The molecule has 3 aliphatic rings. The van der Waals surface area contributed by atoms with E-state index in [9.17, 15) is 27.6 Å². The van der Waals surface area contributed by atoms with Crippen LogP contribution in [0.15, 0.2) is 133 Å². The number of hydrogen-bond donors (Lipinski definition) is 6. The van der Waals surface area contributed by atoms with Crippen molar-refractivity contribution in [3.05, 3.63) is 161 Å². The molecular formula is C79H98BrN15O13S. The number of benzene rings is 5. The van der Waals surface area contributed by atoms with Gasteiger partial charge in [0, 0.05) is 97.7 Å². The van der Waals surface area contributed by atoms with Crippen LogP contribution in [0.2, 0.25) is 0 Å². The molecule has 0 spiro atoms. The van der Waals surface area contributed by atoms with E-state index in [1.165, 1.54) is 51.4 Å². The molecule has 4 aromatic heterocycles. The molecule has 9 aromatic rings. The maximum atomic E-state index is 13.4. The molecule has 0 unspecified atom stereocenters. The van der Waals surface area contributed by atoms with Gasteiger partial charge >= 0.3 is 11.9 Å². The molecule has 0 bridgehead atoms. The van der Waals surface area contributed by atoms with Crippen molar-refractivity contribution >= 4 is 123 Å². The highest BCUT2D eigenvalue weighted by atomic mass is 79.9. The first-order valence-corrected chi connectivity index (χ1v) is 38.1. The first kappa shape index (κ1) is 82.3. The van der Waals surface area contributed by atoms with Crippen molar-refractivity contribution in [1.29, 1.82) is 0 Å². The molecule has 2 aliphatic carbocycles. The second-order valence-electron chi connectivity index (χ2n) is 27.4. The number of nitrogens with one attached hydrogen (secondary N) is 5. The average molecular weight is 1580 g/mol. The number of hydrogen-bond acceptors (Lipinski definition) is 23. The van der Waals surface area contributed by atoms with Crippen molar-refractivity contribution in [2.45, 2.75) is 83.8 Å². The van der Waals surface area contributed by atoms with Gasteiger partial charge in [-0.3, -0.25) is 14.1 Å². The van der Waals surface area contributed by atoms with Gasteiger partial charge in [0.1, 0.15) is 36.8 Å². The van der Waals surface area contributed by atoms with Gasteiger partial charge in [-0.05, 0) is 163 Å². The number of fused-ring (bicyclic) bond motifs is 3.